The van der Waals surface area contributed by atoms with Gasteiger partial charge in [0.25, 0.3) is 10.0 Å². The van der Waals surface area contributed by atoms with Crippen LogP contribution in [0.4, 0.5) is 4.79 Å². The molecule has 2 rings (SSSR count). The molecule has 0 radical (unpaired) electrons. The zero-order chi connectivity index (χ0) is 15.8. The van der Waals surface area contributed by atoms with Crippen LogP contribution in [0.15, 0.2) is 16.3 Å². The van der Waals surface area contributed by atoms with Crippen LogP contribution < -0.4 is 10.0 Å². The van der Waals surface area contributed by atoms with Gasteiger partial charge in [-0.25, -0.2) is 17.9 Å². The van der Waals surface area contributed by atoms with Crippen molar-refractivity contribution in [3.05, 3.63) is 17.0 Å². The second-order valence-corrected chi connectivity index (χ2v) is 9.30. The molecule has 1 aromatic heterocycles. The van der Waals surface area contributed by atoms with Gasteiger partial charge < -0.3 is 10.4 Å². The van der Waals surface area contributed by atoms with E-state index < -0.39 is 21.7 Å². The summed E-state index contributed by atoms with van der Waals surface area (Å²) < 4.78 is 27.3. The van der Waals surface area contributed by atoms with Crippen molar-refractivity contribution in [1.29, 1.82) is 0 Å². The van der Waals surface area contributed by atoms with Gasteiger partial charge in [0.1, 0.15) is 4.21 Å². The van der Waals surface area contributed by atoms with Crippen molar-refractivity contribution < 1.29 is 18.3 Å². The molecule has 3 N–H and O–H groups in total. The summed E-state index contributed by atoms with van der Waals surface area (Å²) in [5, 5.41) is 11.4. The number of sulfonamides is 1. The van der Waals surface area contributed by atoms with Crippen LogP contribution in [-0.2, 0) is 10.0 Å². The average molecular weight is 332 g/mol. The predicted octanol–water partition coefficient (Wildman–Crippen LogP) is 2.54. The van der Waals surface area contributed by atoms with E-state index >= 15 is 0 Å². The van der Waals surface area contributed by atoms with E-state index in [0.29, 0.717) is 0 Å². The molecule has 0 spiro atoms. The second-order valence-electron chi connectivity index (χ2n) is 6.28. The van der Waals surface area contributed by atoms with Gasteiger partial charge in [-0.2, -0.15) is 0 Å². The molecular weight excluding hydrogens is 312 g/mol. The summed E-state index contributed by atoms with van der Waals surface area (Å²) in [6.07, 6.45) is 0.841. The average Bonchev–Trinajstić information content (AvgIpc) is 2.98. The lowest BCUT2D eigenvalue weighted by atomic mass is 10.1. The first-order valence-corrected chi connectivity index (χ1v) is 9.02. The molecule has 21 heavy (non-hydrogen) atoms. The first kappa shape index (κ1) is 16.3. The van der Waals surface area contributed by atoms with Gasteiger partial charge in [0, 0.05) is 10.4 Å². The highest BCUT2D eigenvalue weighted by Crippen LogP contribution is 2.43. The van der Waals surface area contributed by atoms with E-state index in [1.807, 2.05) is 0 Å². The Morgan fingerprint density at radius 3 is 2.48 bits per heavy atom. The number of hydrogen-bond donors (Lipinski definition) is 3. The molecule has 0 aromatic carbocycles. The number of carboxylic acid groups (broad SMARTS) is 1. The highest BCUT2D eigenvalue weighted by atomic mass is 32.2. The lowest BCUT2D eigenvalue weighted by Gasteiger charge is -2.19. The van der Waals surface area contributed by atoms with Crippen LogP contribution in [0, 0.1) is 5.92 Å². The predicted molar refractivity (Wildman–Crippen MR) is 81.0 cm³/mol. The molecule has 1 atom stereocenters. The molecule has 118 valence electrons. The maximum Gasteiger partial charge on any atom is 0.405 e. The van der Waals surface area contributed by atoms with Crippen LogP contribution in [0.2, 0.25) is 0 Å². The lowest BCUT2D eigenvalue weighted by Crippen LogP contribution is -2.40. The standard InChI is InChI=1S/C13H20N2O4S2/c1-13(2,3)15-21(18,19)10-7-6-9(20-10)11(8-4-5-8)14-12(16)17/h6-8,11,14-15H,4-5H2,1-3H3,(H,16,17). The molecule has 0 saturated heterocycles. The van der Waals surface area contributed by atoms with Crippen LogP contribution in [0.25, 0.3) is 0 Å². The van der Waals surface area contributed by atoms with Gasteiger partial charge in [0.15, 0.2) is 0 Å². The summed E-state index contributed by atoms with van der Waals surface area (Å²) in [7, 11) is -3.57. The number of hydrogen-bond acceptors (Lipinski definition) is 4. The Morgan fingerprint density at radius 2 is 2.00 bits per heavy atom. The summed E-state index contributed by atoms with van der Waals surface area (Å²) in [5.74, 6) is 0.269. The summed E-state index contributed by atoms with van der Waals surface area (Å²) in [6, 6.07) is 2.92. The van der Waals surface area contributed by atoms with Gasteiger partial charge >= 0.3 is 6.09 Å². The Kier molecular flexibility index (Phi) is 4.32. The Labute approximate surface area is 128 Å². The monoisotopic (exact) mass is 332 g/mol. The number of rotatable bonds is 5. The number of carbonyl (C=O) groups is 1. The molecule has 1 aromatic rings. The van der Waals surface area contributed by atoms with E-state index in [1.54, 1.807) is 26.8 Å². The summed E-state index contributed by atoms with van der Waals surface area (Å²) in [6.45, 7) is 5.33. The largest absolute Gasteiger partial charge is 0.465 e. The molecule has 1 aliphatic carbocycles. The second kappa shape index (κ2) is 5.58. The van der Waals surface area contributed by atoms with Gasteiger partial charge in [0.2, 0.25) is 0 Å². The third kappa shape index (κ3) is 4.42. The molecular formula is C13H20N2O4S2. The van der Waals surface area contributed by atoms with Gasteiger partial charge in [-0.15, -0.1) is 11.3 Å². The topological polar surface area (TPSA) is 95.5 Å². The minimum Gasteiger partial charge on any atom is -0.465 e. The van der Waals surface area contributed by atoms with E-state index in [0.717, 1.165) is 29.1 Å². The maximum atomic E-state index is 12.3. The van der Waals surface area contributed by atoms with E-state index in [4.69, 9.17) is 5.11 Å². The smallest absolute Gasteiger partial charge is 0.405 e. The summed E-state index contributed by atoms with van der Waals surface area (Å²) in [4.78, 5) is 11.6. The fraction of sp³-hybridized carbons (Fsp3) is 0.615. The molecule has 1 aliphatic rings. The van der Waals surface area contributed by atoms with Gasteiger partial charge in [-0.3, -0.25) is 0 Å². The highest BCUT2D eigenvalue weighted by Gasteiger charge is 2.35. The Morgan fingerprint density at radius 1 is 1.38 bits per heavy atom. The maximum absolute atomic E-state index is 12.3. The minimum absolute atomic E-state index is 0.213. The van der Waals surface area contributed by atoms with E-state index in [2.05, 4.69) is 10.0 Å². The zero-order valence-electron chi connectivity index (χ0n) is 12.2. The molecule has 1 heterocycles. The quantitative estimate of drug-likeness (QED) is 0.772. The minimum atomic E-state index is -3.57. The van der Waals surface area contributed by atoms with Crippen LogP contribution in [0.1, 0.15) is 44.5 Å². The van der Waals surface area contributed by atoms with Crippen molar-refractivity contribution in [1.82, 2.24) is 10.0 Å². The van der Waals surface area contributed by atoms with Crippen molar-refractivity contribution >= 4 is 27.5 Å². The third-order valence-electron chi connectivity index (χ3n) is 2.99. The Bertz CT molecular complexity index is 627. The van der Waals surface area contributed by atoms with Gasteiger partial charge in [0.05, 0.1) is 6.04 Å². The number of amides is 1. The fourth-order valence-corrected chi connectivity index (χ4v) is 4.97. The van der Waals surface area contributed by atoms with Gasteiger partial charge in [-0.1, -0.05) is 0 Å². The van der Waals surface area contributed by atoms with Crippen molar-refractivity contribution in [2.75, 3.05) is 0 Å². The van der Waals surface area contributed by atoms with Crippen LogP contribution in [0.5, 0.6) is 0 Å². The molecule has 8 heteroatoms. The van der Waals surface area contributed by atoms with Crippen molar-refractivity contribution in [2.24, 2.45) is 5.92 Å². The number of thiophene rings is 1. The Hall–Kier alpha value is -1.12. The molecule has 1 fully saturated rings. The van der Waals surface area contributed by atoms with Gasteiger partial charge in [-0.05, 0) is 51.7 Å². The molecule has 6 nitrogen and oxygen atoms in total. The van der Waals surface area contributed by atoms with Crippen molar-refractivity contribution in [2.45, 2.75) is 49.4 Å². The van der Waals surface area contributed by atoms with Crippen molar-refractivity contribution in [3.8, 4) is 0 Å². The molecule has 1 unspecified atom stereocenters. The third-order valence-corrected chi connectivity index (χ3v) is 6.40. The molecule has 0 bridgehead atoms. The first-order chi connectivity index (χ1) is 9.58. The number of nitrogens with one attached hydrogen (secondary N) is 2. The molecule has 1 amide bonds. The van der Waals surface area contributed by atoms with E-state index in [-0.39, 0.29) is 16.2 Å². The zero-order valence-corrected chi connectivity index (χ0v) is 13.8. The molecule has 0 aliphatic heterocycles. The lowest BCUT2D eigenvalue weighted by molar-refractivity contribution is 0.188. The SMILES string of the molecule is CC(C)(C)NS(=O)(=O)c1ccc(C(NC(=O)O)C2CC2)s1. The first-order valence-electron chi connectivity index (χ1n) is 6.72. The highest BCUT2D eigenvalue weighted by molar-refractivity contribution is 7.91. The normalized spacial score (nSPS) is 17.5. The van der Waals surface area contributed by atoms with E-state index in [9.17, 15) is 13.2 Å². The fourth-order valence-electron chi connectivity index (χ4n) is 2.08. The van der Waals surface area contributed by atoms with Crippen molar-refractivity contribution in [3.63, 3.8) is 0 Å². The summed E-state index contributed by atoms with van der Waals surface area (Å²) >= 11 is 1.12. The van der Waals surface area contributed by atoms with E-state index in [1.165, 1.54) is 6.07 Å². The van der Waals surface area contributed by atoms with Crippen LogP contribution >= 0.6 is 11.3 Å². The molecule has 1 saturated carbocycles. The Balaban J connectivity index is 2.22. The van der Waals surface area contributed by atoms with Crippen LogP contribution in [-0.4, -0.2) is 25.2 Å². The van der Waals surface area contributed by atoms with Crippen LogP contribution in [0.3, 0.4) is 0 Å². The summed E-state index contributed by atoms with van der Waals surface area (Å²) in [5.41, 5.74) is -0.557.